The molecule has 0 radical (unpaired) electrons. The first-order valence-electron chi connectivity index (χ1n) is 4.60. The highest BCUT2D eigenvalue weighted by Gasteiger charge is 1.93. The molecule has 0 amide bonds. The van der Waals surface area contributed by atoms with Crippen LogP contribution in [0.15, 0.2) is 6.20 Å². The first kappa shape index (κ1) is 11.5. The van der Waals surface area contributed by atoms with Crippen LogP contribution in [0.1, 0.15) is 4.88 Å². The van der Waals surface area contributed by atoms with Gasteiger partial charge in [-0.05, 0) is 11.5 Å². The summed E-state index contributed by atoms with van der Waals surface area (Å²) in [5.74, 6) is 0. The van der Waals surface area contributed by atoms with Gasteiger partial charge in [0.1, 0.15) is 0 Å². The summed E-state index contributed by atoms with van der Waals surface area (Å²) < 4.78 is 8.69. The summed E-state index contributed by atoms with van der Waals surface area (Å²) in [5.41, 5.74) is 0. The van der Waals surface area contributed by atoms with Crippen molar-refractivity contribution < 1.29 is 4.74 Å². The largest absolute Gasteiger partial charge is 0.383 e. The quantitative estimate of drug-likeness (QED) is 0.593. The van der Waals surface area contributed by atoms with E-state index in [-0.39, 0.29) is 0 Å². The lowest BCUT2D eigenvalue weighted by atomic mass is 10.5. The molecule has 6 heteroatoms. The average molecular weight is 216 g/mol. The molecule has 1 aromatic rings. The average Bonchev–Trinajstić information content (AvgIpc) is 2.69. The number of hydrogen-bond donors (Lipinski definition) is 2. The van der Waals surface area contributed by atoms with Gasteiger partial charge in [-0.3, -0.25) is 0 Å². The van der Waals surface area contributed by atoms with Gasteiger partial charge in [0, 0.05) is 33.3 Å². The van der Waals surface area contributed by atoms with E-state index in [0.29, 0.717) is 0 Å². The molecule has 0 aromatic carbocycles. The van der Waals surface area contributed by atoms with Crippen molar-refractivity contribution in [1.82, 2.24) is 20.2 Å². The molecule has 0 atom stereocenters. The van der Waals surface area contributed by atoms with E-state index in [1.165, 1.54) is 16.4 Å². The molecule has 5 nitrogen and oxygen atoms in total. The van der Waals surface area contributed by atoms with Gasteiger partial charge in [0.2, 0.25) is 0 Å². The van der Waals surface area contributed by atoms with Gasteiger partial charge in [0.25, 0.3) is 0 Å². The SMILES string of the molecule is COCCNCCNCc1cnns1. The molecule has 80 valence electrons. The van der Waals surface area contributed by atoms with Gasteiger partial charge in [-0.1, -0.05) is 4.49 Å². The summed E-state index contributed by atoms with van der Waals surface area (Å²) in [5, 5.41) is 10.3. The first-order valence-corrected chi connectivity index (χ1v) is 5.37. The van der Waals surface area contributed by atoms with E-state index in [0.717, 1.165) is 32.8 Å². The van der Waals surface area contributed by atoms with Crippen LogP contribution >= 0.6 is 11.5 Å². The van der Waals surface area contributed by atoms with Crippen LogP contribution in [0.3, 0.4) is 0 Å². The Balaban J connectivity index is 1.85. The summed E-state index contributed by atoms with van der Waals surface area (Å²) in [4.78, 5) is 1.17. The Labute approximate surface area is 88.0 Å². The number of hydrogen-bond acceptors (Lipinski definition) is 6. The Bertz CT molecular complexity index is 217. The van der Waals surface area contributed by atoms with Crippen LogP contribution in [-0.4, -0.2) is 42.9 Å². The Morgan fingerprint density at radius 3 is 2.93 bits per heavy atom. The smallest absolute Gasteiger partial charge is 0.0666 e. The van der Waals surface area contributed by atoms with Gasteiger partial charge in [-0.15, -0.1) is 5.10 Å². The molecule has 1 rings (SSSR count). The second-order valence-corrected chi connectivity index (χ2v) is 3.67. The summed E-state index contributed by atoms with van der Waals surface area (Å²) in [6.45, 7) is 4.42. The van der Waals surface area contributed by atoms with Crippen molar-refractivity contribution in [2.24, 2.45) is 0 Å². The summed E-state index contributed by atoms with van der Waals surface area (Å²) in [6, 6.07) is 0. The van der Waals surface area contributed by atoms with Gasteiger partial charge in [0.05, 0.1) is 17.7 Å². The van der Waals surface area contributed by atoms with Crippen LogP contribution in [0, 0.1) is 0 Å². The molecule has 0 bridgehead atoms. The van der Waals surface area contributed by atoms with Crippen LogP contribution in [0.5, 0.6) is 0 Å². The molecule has 2 N–H and O–H groups in total. The topological polar surface area (TPSA) is 59.1 Å². The maximum Gasteiger partial charge on any atom is 0.0666 e. The van der Waals surface area contributed by atoms with E-state index in [2.05, 4.69) is 20.2 Å². The lowest BCUT2D eigenvalue weighted by Gasteiger charge is -2.04. The Morgan fingerprint density at radius 1 is 1.36 bits per heavy atom. The zero-order valence-corrected chi connectivity index (χ0v) is 9.14. The number of ether oxygens (including phenoxy) is 1. The molecular weight excluding hydrogens is 200 g/mol. The number of rotatable bonds is 8. The minimum atomic E-state index is 0.763. The van der Waals surface area contributed by atoms with Gasteiger partial charge >= 0.3 is 0 Å². The molecule has 1 aromatic heterocycles. The Kier molecular flexibility index (Phi) is 6.42. The van der Waals surface area contributed by atoms with Crippen molar-refractivity contribution in [2.75, 3.05) is 33.4 Å². The third kappa shape index (κ3) is 5.23. The molecular formula is C8H16N4OS. The van der Waals surface area contributed by atoms with Crippen molar-refractivity contribution in [3.05, 3.63) is 11.1 Å². The van der Waals surface area contributed by atoms with E-state index < -0.39 is 0 Å². The second-order valence-electron chi connectivity index (χ2n) is 2.80. The number of aromatic nitrogens is 2. The number of methoxy groups -OCH3 is 1. The molecule has 0 unspecified atom stereocenters. The molecule has 0 aliphatic carbocycles. The fourth-order valence-electron chi connectivity index (χ4n) is 0.953. The van der Waals surface area contributed by atoms with Crippen LogP contribution in [0.2, 0.25) is 0 Å². The zero-order chi connectivity index (χ0) is 10.1. The molecule has 0 fully saturated rings. The highest BCUT2D eigenvalue weighted by atomic mass is 32.1. The van der Waals surface area contributed by atoms with Crippen molar-refractivity contribution in [2.45, 2.75) is 6.54 Å². The monoisotopic (exact) mass is 216 g/mol. The van der Waals surface area contributed by atoms with Crippen molar-refractivity contribution in [1.29, 1.82) is 0 Å². The van der Waals surface area contributed by atoms with E-state index >= 15 is 0 Å². The molecule has 0 saturated heterocycles. The Hall–Kier alpha value is -0.560. The third-order valence-electron chi connectivity index (χ3n) is 1.67. The van der Waals surface area contributed by atoms with Crippen LogP contribution in [0.25, 0.3) is 0 Å². The molecule has 0 saturated carbocycles. The van der Waals surface area contributed by atoms with Gasteiger partial charge in [0.15, 0.2) is 0 Å². The van der Waals surface area contributed by atoms with E-state index in [4.69, 9.17) is 4.74 Å². The van der Waals surface area contributed by atoms with Crippen LogP contribution < -0.4 is 10.6 Å². The summed E-state index contributed by atoms with van der Waals surface area (Å²) >= 11 is 1.43. The highest BCUT2D eigenvalue weighted by molar-refractivity contribution is 7.05. The summed E-state index contributed by atoms with van der Waals surface area (Å²) in [6.07, 6.45) is 1.79. The van der Waals surface area contributed by atoms with Gasteiger partial charge < -0.3 is 15.4 Å². The van der Waals surface area contributed by atoms with Gasteiger partial charge in [-0.2, -0.15) is 0 Å². The van der Waals surface area contributed by atoms with Crippen molar-refractivity contribution in [3.8, 4) is 0 Å². The predicted molar refractivity (Wildman–Crippen MR) is 56.4 cm³/mol. The molecule has 1 heterocycles. The third-order valence-corrected chi connectivity index (χ3v) is 2.33. The van der Waals surface area contributed by atoms with E-state index in [1.807, 2.05) is 0 Å². The minimum Gasteiger partial charge on any atom is -0.383 e. The molecule has 0 aliphatic rings. The number of nitrogens with zero attached hydrogens (tertiary/aromatic N) is 2. The zero-order valence-electron chi connectivity index (χ0n) is 8.32. The Morgan fingerprint density at radius 2 is 2.21 bits per heavy atom. The van der Waals surface area contributed by atoms with Gasteiger partial charge in [-0.25, -0.2) is 0 Å². The second kappa shape index (κ2) is 7.81. The van der Waals surface area contributed by atoms with Crippen molar-refractivity contribution >= 4 is 11.5 Å². The summed E-state index contributed by atoms with van der Waals surface area (Å²) in [7, 11) is 1.71. The first-order chi connectivity index (χ1) is 6.93. The maximum atomic E-state index is 4.91. The lowest BCUT2D eigenvalue weighted by molar-refractivity contribution is 0.199. The molecule has 14 heavy (non-hydrogen) atoms. The maximum absolute atomic E-state index is 4.91. The molecule has 0 spiro atoms. The highest BCUT2D eigenvalue weighted by Crippen LogP contribution is 1.99. The van der Waals surface area contributed by atoms with Crippen LogP contribution in [-0.2, 0) is 11.3 Å². The minimum absolute atomic E-state index is 0.763. The lowest BCUT2D eigenvalue weighted by Crippen LogP contribution is -2.28. The standard InChI is InChI=1S/C8H16N4OS/c1-13-5-4-9-2-3-10-6-8-7-11-12-14-8/h7,9-10H,2-6H2,1H3. The normalized spacial score (nSPS) is 10.6. The fourth-order valence-corrected chi connectivity index (χ4v) is 1.41. The predicted octanol–water partition coefficient (Wildman–Crippen LogP) is -0.136. The van der Waals surface area contributed by atoms with E-state index in [1.54, 1.807) is 13.3 Å². The van der Waals surface area contributed by atoms with Crippen molar-refractivity contribution in [3.63, 3.8) is 0 Å². The van der Waals surface area contributed by atoms with Crippen LogP contribution in [0.4, 0.5) is 0 Å². The van der Waals surface area contributed by atoms with E-state index in [9.17, 15) is 0 Å². The number of nitrogens with one attached hydrogen (secondary N) is 2. The fraction of sp³-hybridized carbons (Fsp3) is 0.750. The molecule has 0 aliphatic heterocycles.